The molecule has 2 aromatic rings. The van der Waals surface area contributed by atoms with E-state index in [1.165, 1.54) is 43.4 Å². The highest BCUT2D eigenvalue weighted by Crippen LogP contribution is 2.35. The van der Waals surface area contributed by atoms with E-state index in [2.05, 4.69) is 12.1 Å². The Bertz CT molecular complexity index is 608. The lowest BCUT2D eigenvalue weighted by Gasteiger charge is -2.11. The second kappa shape index (κ2) is 6.03. The van der Waals surface area contributed by atoms with E-state index in [4.69, 9.17) is 4.74 Å². The summed E-state index contributed by atoms with van der Waals surface area (Å²) in [5.41, 5.74) is 0.647. The van der Waals surface area contributed by atoms with Crippen molar-refractivity contribution in [1.82, 2.24) is 0 Å². The summed E-state index contributed by atoms with van der Waals surface area (Å²) in [5, 5.41) is 0. The number of hydrogen-bond acceptors (Lipinski definition) is 1. The van der Waals surface area contributed by atoms with Crippen LogP contribution in [0.3, 0.4) is 0 Å². The van der Waals surface area contributed by atoms with Crippen molar-refractivity contribution in [2.45, 2.75) is 37.8 Å². The average molecular weight is 306 g/mol. The van der Waals surface area contributed by atoms with Crippen LogP contribution >= 0.6 is 0 Å². The van der Waals surface area contributed by atoms with Crippen molar-refractivity contribution in [3.63, 3.8) is 0 Å². The molecule has 0 aliphatic heterocycles. The molecule has 0 N–H and O–H groups in total. The molecule has 0 aromatic heterocycles. The van der Waals surface area contributed by atoms with Gasteiger partial charge in [-0.25, -0.2) is 0 Å². The summed E-state index contributed by atoms with van der Waals surface area (Å²) in [6.07, 6.45) is 0.725. The number of alkyl halides is 3. The summed E-state index contributed by atoms with van der Waals surface area (Å²) in [5.74, 6) is 1.68. The quantitative estimate of drug-likeness (QED) is 0.660. The zero-order chi connectivity index (χ0) is 15.6. The molecule has 1 fully saturated rings. The monoisotopic (exact) mass is 306 g/mol. The maximum atomic E-state index is 12.5. The van der Waals surface area contributed by atoms with Crippen LogP contribution in [0.15, 0.2) is 48.5 Å². The fraction of sp³-hybridized carbons (Fsp3) is 0.333. The van der Waals surface area contributed by atoms with Gasteiger partial charge in [0.15, 0.2) is 0 Å². The Morgan fingerprint density at radius 1 is 0.773 bits per heavy atom. The molecule has 22 heavy (non-hydrogen) atoms. The Morgan fingerprint density at radius 3 is 1.77 bits per heavy atom. The van der Waals surface area contributed by atoms with E-state index in [0.29, 0.717) is 17.4 Å². The van der Waals surface area contributed by atoms with Crippen molar-refractivity contribution in [3.8, 4) is 11.5 Å². The van der Waals surface area contributed by atoms with Gasteiger partial charge in [0.05, 0.1) is 5.56 Å². The van der Waals surface area contributed by atoms with Gasteiger partial charge in [-0.05, 0) is 60.7 Å². The molecule has 0 unspecified atom stereocenters. The zero-order valence-corrected chi connectivity index (χ0v) is 12.1. The third-order valence-electron chi connectivity index (χ3n) is 4.12. The second-order valence-corrected chi connectivity index (χ2v) is 5.67. The third-order valence-corrected chi connectivity index (χ3v) is 4.12. The van der Waals surface area contributed by atoms with Crippen molar-refractivity contribution >= 4 is 0 Å². The SMILES string of the molecule is FC(F)(F)c1ccc(Oc2ccc(C3CCCC3)cc2)cc1. The molecule has 1 aliphatic rings. The minimum atomic E-state index is -4.32. The van der Waals surface area contributed by atoms with E-state index < -0.39 is 11.7 Å². The molecule has 0 atom stereocenters. The van der Waals surface area contributed by atoms with Crippen molar-refractivity contribution in [1.29, 1.82) is 0 Å². The molecule has 2 aromatic carbocycles. The van der Waals surface area contributed by atoms with Gasteiger partial charge in [-0.3, -0.25) is 0 Å². The first-order chi connectivity index (χ1) is 10.5. The molecule has 0 bridgehead atoms. The van der Waals surface area contributed by atoms with Crippen LogP contribution in [0.2, 0.25) is 0 Å². The highest BCUT2D eigenvalue weighted by atomic mass is 19.4. The van der Waals surface area contributed by atoms with Gasteiger partial charge < -0.3 is 4.74 Å². The summed E-state index contributed by atoms with van der Waals surface area (Å²) < 4.78 is 43.1. The molecule has 1 nitrogen and oxygen atoms in total. The van der Waals surface area contributed by atoms with Crippen molar-refractivity contribution in [2.24, 2.45) is 0 Å². The summed E-state index contributed by atoms with van der Waals surface area (Å²) in [7, 11) is 0. The fourth-order valence-corrected chi connectivity index (χ4v) is 2.92. The summed E-state index contributed by atoms with van der Waals surface area (Å²) >= 11 is 0. The van der Waals surface area contributed by atoms with Crippen molar-refractivity contribution in [3.05, 3.63) is 59.7 Å². The van der Waals surface area contributed by atoms with Crippen LogP contribution in [-0.4, -0.2) is 0 Å². The highest BCUT2D eigenvalue weighted by Gasteiger charge is 2.30. The van der Waals surface area contributed by atoms with Gasteiger partial charge in [0.2, 0.25) is 0 Å². The highest BCUT2D eigenvalue weighted by molar-refractivity contribution is 5.36. The van der Waals surface area contributed by atoms with Crippen molar-refractivity contribution in [2.75, 3.05) is 0 Å². The van der Waals surface area contributed by atoms with Gasteiger partial charge in [0.1, 0.15) is 11.5 Å². The van der Waals surface area contributed by atoms with Crippen LogP contribution in [0.5, 0.6) is 11.5 Å². The predicted molar refractivity (Wildman–Crippen MR) is 79.2 cm³/mol. The molecule has 1 aliphatic carbocycles. The number of ether oxygens (including phenoxy) is 1. The first kappa shape index (κ1) is 14.9. The Hall–Kier alpha value is -1.97. The number of benzene rings is 2. The molecular formula is C18H17F3O. The van der Waals surface area contributed by atoms with Crippen LogP contribution in [0.25, 0.3) is 0 Å². The molecule has 4 heteroatoms. The van der Waals surface area contributed by atoms with Gasteiger partial charge in [0, 0.05) is 0 Å². The molecule has 0 spiro atoms. The van der Waals surface area contributed by atoms with Crippen LogP contribution in [0.1, 0.15) is 42.7 Å². The normalized spacial score (nSPS) is 16.0. The number of hydrogen-bond donors (Lipinski definition) is 0. The van der Waals surface area contributed by atoms with E-state index in [-0.39, 0.29) is 0 Å². The van der Waals surface area contributed by atoms with Gasteiger partial charge in [0.25, 0.3) is 0 Å². The molecule has 0 heterocycles. The molecular weight excluding hydrogens is 289 g/mol. The van der Waals surface area contributed by atoms with Crippen LogP contribution in [-0.2, 0) is 6.18 Å². The van der Waals surface area contributed by atoms with E-state index in [0.717, 1.165) is 12.1 Å². The lowest BCUT2D eigenvalue weighted by atomic mass is 9.98. The van der Waals surface area contributed by atoms with Gasteiger partial charge in [-0.15, -0.1) is 0 Å². The van der Waals surface area contributed by atoms with E-state index in [1.807, 2.05) is 12.1 Å². The molecule has 0 radical (unpaired) electrons. The summed E-state index contributed by atoms with van der Waals surface area (Å²) in [4.78, 5) is 0. The predicted octanol–water partition coefficient (Wildman–Crippen LogP) is 6.16. The summed E-state index contributed by atoms with van der Waals surface area (Å²) in [6, 6.07) is 12.6. The van der Waals surface area contributed by atoms with E-state index >= 15 is 0 Å². The molecule has 116 valence electrons. The van der Waals surface area contributed by atoms with Crippen LogP contribution in [0.4, 0.5) is 13.2 Å². The van der Waals surface area contributed by atoms with Crippen molar-refractivity contribution < 1.29 is 17.9 Å². The summed E-state index contributed by atoms with van der Waals surface area (Å²) in [6.45, 7) is 0. The largest absolute Gasteiger partial charge is 0.457 e. The molecule has 3 rings (SSSR count). The van der Waals surface area contributed by atoms with Crippen LogP contribution < -0.4 is 4.74 Å². The van der Waals surface area contributed by atoms with Gasteiger partial charge in [-0.1, -0.05) is 25.0 Å². The molecule has 0 saturated heterocycles. The Kier molecular flexibility index (Phi) is 4.10. The van der Waals surface area contributed by atoms with Gasteiger partial charge in [-0.2, -0.15) is 13.2 Å². The van der Waals surface area contributed by atoms with Crippen LogP contribution in [0, 0.1) is 0 Å². The van der Waals surface area contributed by atoms with E-state index in [9.17, 15) is 13.2 Å². The Morgan fingerprint density at radius 2 is 1.27 bits per heavy atom. The lowest BCUT2D eigenvalue weighted by Crippen LogP contribution is -2.03. The number of halogens is 3. The molecule has 1 saturated carbocycles. The maximum Gasteiger partial charge on any atom is 0.416 e. The number of rotatable bonds is 3. The lowest BCUT2D eigenvalue weighted by molar-refractivity contribution is -0.137. The molecule has 0 amide bonds. The minimum absolute atomic E-state index is 0.404. The zero-order valence-electron chi connectivity index (χ0n) is 12.1. The second-order valence-electron chi connectivity index (χ2n) is 5.67. The first-order valence-corrected chi connectivity index (χ1v) is 7.47. The van der Waals surface area contributed by atoms with E-state index in [1.54, 1.807) is 0 Å². The Labute approximate surface area is 127 Å². The fourth-order valence-electron chi connectivity index (χ4n) is 2.92. The first-order valence-electron chi connectivity index (χ1n) is 7.47. The average Bonchev–Trinajstić information content (AvgIpc) is 3.02. The smallest absolute Gasteiger partial charge is 0.416 e. The maximum absolute atomic E-state index is 12.5. The topological polar surface area (TPSA) is 9.23 Å². The Balaban J connectivity index is 1.67. The third kappa shape index (κ3) is 3.43. The minimum Gasteiger partial charge on any atom is -0.457 e. The van der Waals surface area contributed by atoms with Gasteiger partial charge >= 0.3 is 6.18 Å². The standard InChI is InChI=1S/C18H17F3O/c19-18(20,21)15-7-11-17(12-8-15)22-16-9-5-14(6-10-16)13-3-1-2-4-13/h5-13H,1-4H2.